The van der Waals surface area contributed by atoms with Crippen molar-refractivity contribution in [3.05, 3.63) is 0 Å². The molecular formula is C15H25N3O10. The standard InChI is InChI=1S/C15H25N3O10/c1-7-5-9(17-26)8(16-25)3-2-4-14(7,23)11(20)12(21)15(24)6-10(19)27-18-28-13(15)22/h7-9,12,16-18,21,23-26H,2-6H2,1H3/t7-,8?,9?,12?,14?,15?/m1/s1. The molecule has 0 aromatic heterocycles. The minimum atomic E-state index is -2.96. The highest BCUT2D eigenvalue weighted by molar-refractivity contribution is 5.99. The van der Waals surface area contributed by atoms with Crippen molar-refractivity contribution >= 4 is 17.7 Å². The Labute approximate surface area is 159 Å². The first-order valence-corrected chi connectivity index (χ1v) is 8.72. The van der Waals surface area contributed by atoms with Gasteiger partial charge in [-0.25, -0.2) is 15.8 Å². The molecule has 2 fully saturated rings. The predicted molar refractivity (Wildman–Crippen MR) is 85.9 cm³/mol. The Morgan fingerprint density at radius 1 is 1.21 bits per heavy atom. The minimum Gasteiger partial charge on any atom is -0.382 e. The van der Waals surface area contributed by atoms with Gasteiger partial charge in [-0.2, -0.15) is 0 Å². The predicted octanol–water partition coefficient (Wildman–Crippen LogP) is -2.81. The zero-order valence-electron chi connectivity index (χ0n) is 15.1. The summed E-state index contributed by atoms with van der Waals surface area (Å²) in [6, 6.07) is -1.29. The van der Waals surface area contributed by atoms with Crippen molar-refractivity contribution in [2.24, 2.45) is 5.92 Å². The van der Waals surface area contributed by atoms with Gasteiger partial charge < -0.3 is 35.4 Å². The molecule has 0 bridgehead atoms. The topological polar surface area (TPSA) is 207 Å². The Morgan fingerprint density at radius 2 is 1.86 bits per heavy atom. The van der Waals surface area contributed by atoms with Crippen LogP contribution in [0.2, 0.25) is 0 Å². The zero-order chi connectivity index (χ0) is 21.1. The largest absolute Gasteiger partial charge is 0.382 e. The van der Waals surface area contributed by atoms with E-state index in [4.69, 9.17) is 0 Å². The lowest BCUT2D eigenvalue weighted by atomic mass is 9.71. The van der Waals surface area contributed by atoms with Crippen LogP contribution in [0.3, 0.4) is 0 Å². The summed E-state index contributed by atoms with van der Waals surface area (Å²) in [7, 11) is 0. The molecule has 0 radical (unpaired) electrons. The number of Topliss-reactive ketones (excluding diaryl/α,β-unsaturated/α-hetero) is 1. The first kappa shape index (κ1) is 22.6. The normalized spacial score (nSPS) is 38.4. The minimum absolute atomic E-state index is 0.00381. The second-order valence-corrected chi connectivity index (χ2v) is 7.24. The Morgan fingerprint density at radius 3 is 2.46 bits per heavy atom. The average Bonchev–Trinajstić information content (AvgIpc) is 2.79. The molecule has 5 unspecified atom stereocenters. The monoisotopic (exact) mass is 407 g/mol. The molecule has 160 valence electrons. The lowest BCUT2D eigenvalue weighted by Crippen LogP contribution is -2.62. The Kier molecular flexibility index (Phi) is 7.06. The van der Waals surface area contributed by atoms with Gasteiger partial charge in [0.2, 0.25) is 5.60 Å². The molecule has 8 N–H and O–H groups in total. The van der Waals surface area contributed by atoms with E-state index in [9.17, 15) is 40.1 Å². The summed E-state index contributed by atoms with van der Waals surface area (Å²) < 4.78 is 0. The molecule has 13 nitrogen and oxygen atoms in total. The Bertz CT molecular complexity index is 619. The van der Waals surface area contributed by atoms with Gasteiger partial charge in [0, 0.05) is 17.7 Å². The number of nitrogens with one attached hydrogen (secondary N) is 3. The molecule has 0 spiro atoms. The second-order valence-electron chi connectivity index (χ2n) is 7.24. The molecule has 1 saturated carbocycles. The first-order chi connectivity index (χ1) is 13.1. The molecule has 6 atom stereocenters. The van der Waals surface area contributed by atoms with Gasteiger partial charge in [0.05, 0.1) is 6.42 Å². The Balaban J connectivity index is 2.29. The van der Waals surface area contributed by atoms with Crippen LogP contribution in [-0.2, 0) is 24.1 Å². The van der Waals surface area contributed by atoms with Gasteiger partial charge in [0.1, 0.15) is 5.60 Å². The highest BCUT2D eigenvalue weighted by Crippen LogP contribution is 2.35. The fourth-order valence-corrected chi connectivity index (χ4v) is 3.63. The molecular weight excluding hydrogens is 382 g/mol. The molecule has 0 aromatic carbocycles. The number of carbonyl (C=O) groups is 3. The quantitative estimate of drug-likeness (QED) is 0.217. The highest BCUT2D eigenvalue weighted by atomic mass is 16.9. The maximum absolute atomic E-state index is 12.9. The summed E-state index contributed by atoms with van der Waals surface area (Å²) >= 11 is 0. The lowest BCUT2D eigenvalue weighted by Gasteiger charge is -2.41. The number of hydrogen-bond donors (Lipinski definition) is 8. The van der Waals surface area contributed by atoms with Crippen LogP contribution in [-0.4, -0.2) is 72.8 Å². The van der Waals surface area contributed by atoms with E-state index in [2.05, 4.69) is 9.68 Å². The van der Waals surface area contributed by atoms with Gasteiger partial charge in [-0.1, -0.05) is 6.92 Å². The van der Waals surface area contributed by atoms with Crippen molar-refractivity contribution in [1.29, 1.82) is 0 Å². The van der Waals surface area contributed by atoms with Crippen molar-refractivity contribution in [2.75, 3.05) is 0 Å². The third-order valence-electron chi connectivity index (χ3n) is 5.50. The molecule has 1 aliphatic carbocycles. The Hall–Kier alpha value is -1.71. The number of hydroxylamine groups is 2. The van der Waals surface area contributed by atoms with Crippen LogP contribution in [0, 0.1) is 5.92 Å². The summed E-state index contributed by atoms with van der Waals surface area (Å²) in [4.78, 5) is 44.9. The van der Waals surface area contributed by atoms with Crippen molar-refractivity contribution in [2.45, 2.75) is 68.4 Å². The molecule has 1 heterocycles. The number of carbonyl (C=O) groups excluding carboxylic acids is 3. The molecule has 13 heteroatoms. The van der Waals surface area contributed by atoms with E-state index >= 15 is 0 Å². The van der Waals surface area contributed by atoms with Crippen molar-refractivity contribution in [3.8, 4) is 0 Å². The third-order valence-corrected chi connectivity index (χ3v) is 5.50. The van der Waals surface area contributed by atoms with Crippen molar-refractivity contribution < 1.29 is 49.8 Å². The smallest absolute Gasteiger partial charge is 0.363 e. The van der Waals surface area contributed by atoms with Gasteiger partial charge in [-0.3, -0.25) is 9.59 Å². The first-order valence-electron chi connectivity index (χ1n) is 8.72. The third kappa shape index (κ3) is 4.16. The summed E-state index contributed by atoms with van der Waals surface area (Å²) in [5.74, 6) is -4.84. The van der Waals surface area contributed by atoms with Crippen LogP contribution >= 0.6 is 0 Å². The van der Waals surface area contributed by atoms with Gasteiger partial charge in [-0.05, 0) is 31.6 Å². The average molecular weight is 407 g/mol. The van der Waals surface area contributed by atoms with Crippen molar-refractivity contribution in [3.63, 3.8) is 0 Å². The molecule has 2 aliphatic rings. The van der Waals surface area contributed by atoms with Crippen LogP contribution in [0.5, 0.6) is 0 Å². The molecule has 1 saturated heterocycles. The van der Waals surface area contributed by atoms with E-state index in [1.807, 2.05) is 11.0 Å². The molecule has 28 heavy (non-hydrogen) atoms. The number of rotatable bonds is 5. The number of aliphatic hydroxyl groups is 3. The van der Waals surface area contributed by atoms with Gasteiger partial charge in [0.25, 0.3) is 0 Å². The van der Waals surface area contributed by atoms with Crippen LogP contribution in [0.4, 0.5) is 0 Å². The number of hydrogen-bond acceptors (Lipinski definition) is 13. The van der Waals surface area contributed by atoms with Gasteiger partial charge in [-0.15, -0.1) is 0 Å². The number of ketones is 1. The maximum Gasteiger partial charge on any atom is 0.363 e. The van der Waals surface area contributed by atoms with Crippen LogP contribution < -0.4 is 16.6 Å². The fraction of sp³-hybridized carbons (Fsp3) is 0.800. The second kappa shape index (κ2) is 8.75. The fourth-order valence-electron chi connectivity index (χ4n) is 3.63. The summed E-state index contributed by atoms with van der Waals surface area (Å²) in [5, 5.41) is 50.4. The van der Waals surface area contributed by atoms with E-state index < -0.39 is 59.5 Å². The van der Waals surface area contributed by atoms with Crippen LogP contribution in [0.25, 0.3) is 0 Å². The number of aliphatic hydroxyl groups excluding tert-OH is 1. The highest BCUT2D eigenvalue weighted by Gasteiger charge is 2.57. The molecule has 2 rings (SSSR count). The zero-order valence-corrected chi connectivity index (χ0v) is 15.1. The summed E-state index contributed by atoms with van der Waals surface area (Å²) in [6.45, 7) is 1.47. The van der Waals surface area contributed by atoms with E-state index in [1.54, 1.807) is 0 Å². The van der Waals surface area contributed by atoms with E-state index in [1.165, 1.54) is 12.6 Å². The summed E-state index contributed by atoms with van der Waals surface area (Å²) in [6.07, 6.45) is -3.26. The van der Waals surface area contributed by atoms with E-state index in [0.29, 0.717) is 0 Å². The SMILES string of the molecule is C[C@@H]1CC(NO)C(NO)CCCC1(O)C(=O)C(O)C1(O)CC(=O)ONOC1=O. The lowest BCUT2D eigenvalue weighted by molar-refractivity contribution is -0.204. The van der Waals surface area contributed by atoms with E-state index in [0.717, 1.165) is 0 Å². The van der Waals surface area contributed by atoms with E-state index in [-0.39, 0.29) is 25.7 Å². The molecule has 1 aliphatic heterocycles. The summed E-state index contributed by atoms with van der Waals surface area (Å²) in [5.41, 5.74) is 0.432. The maximum atomic E-state index is 12.9. The van der Waals surface area contributed by atoms with Gasteiger partial charge in [0.15, 0.2) is 11.9 Å². The van der Waals surface area contributed by atoms with Gasteiger partial charge >= 0.3 is 11.9 Å². The molecule has 0 amide bonds. The molecule has 0 aromatic rings. The van der Waals surface area contributed by atoms with Crippen LogP contribution in [0.1, 0.15) is 39.0 Å². The van der Waals surface area contributed by atoms with Crippen LogP contribution in [0.15, 0.2) is 0 Å². The van der Waals surface area contributed by atoms with Crippen molar-refractivity contribution in [1.82, 2.24) is 16.6 Å².